The molecular formula is C15H21NO4. The van der Waals surface area contributed by atoms with E-state index in [0.29, 0.717) is 19.4 Å². The van der Waals surface area contributed by atoms with Gasteiger partial charge in [0.25, 0.3) is 0 Å². The highest BCUT2D eigenvalue weighted by atomic mass is 16.4. The van der Waals surface area contributed by atoms with Gasteiger partial charge >= 0.3 is 5.97 Å². The lowest BCUT2D eigenvalue weighted by Gasteiger charge is -2.22. The molecule has 20 heavy (non-hydrogen) atoms. The number of aryl methyl sites for hydroxylation is 1. The summed E-state index contributed by atoms with van der Waals surface area (Å²) in [5.74, 6) is -0.132. The molecule has 110 valence electrons. The molecule has 0 bridgehead atoms. The van der Waals surface area contributed by atoms with Crippen LogP contribution in [0.1, 0.15) is 31.3 Å². The SMILES string of the molecule is Cc1ccc(CN(C)C(=O)C2CC(C)CC2C(=O)O)o1. The summed E-state index contributed by atoms with van der Waals surface area (Å²) in [5.41, 5.74) is 0. The number of carboxylic acids is 1. The minimum atomic E-state index is -0.866. The molecule has 1 aromatic rings. The maximum absolute atomic E-state index is 12.4. The number of rotatable bonds is 4. The van der Waals surface area contributed by atoms with E-state index in [4.69, 9.17) is 4.42 Å². The van der Waals surface area contributed by atoms with Crippen molar-refractivity contribution in [2.45, 2.75) is 33.2 Å². The Morgan fingerprint density at radius 2 is 2.00 bits per heavy atom. The molecule has 3 unspecified atom stereocenters. The fourth-order valence-corrected chi connectivity index (χ4v) is 3.00. The molecule has 0 aromatic carbocycles. The van der Waals surface area contributed by atoms with Gasteiger partial charge < -0.3 is 14.4 Å². The van der Waals surface area contributed by atoms with Crippen LogP contribution in [0.15, 0.2) is 16.5 Å². The van der Waals surface area contributed by atoms with Crippen LogP contribution in [0, 0.1) is 24.7 Å². The molecule has 2 rings (SSSR count). The van der Waals surface area contributed by atoms with E-state index in [1.54, 1.807) is 11.9 Å². The van der Waals surface area contributed by atoms with Crippen molar-refractivity contribution >= 4 is 11.9 Å². The summed E-state index contributed by atoms with van der Waals surface area (Å²) in [4.78, 5) is 25.3. The zero-order valence-electron chi connectivity index (χ0n) is 12.1. The number of carbonyl (C=O) groups excluding carboxylic acids is 1. The summed E-state index contributed by atoms with van der Waals surface area (Å²) in [7, 11) is 1.70. The molecule has 1 fully saturated rings. The maximum Gasteiger partial charge on any atom is 0.307 e. The largest absolute Gasteiger partial charge is 0.481 e. The van der Waals surface area contributed by atoms with Crippen molar-refractivity contribution in [1.82, 2.24) is 4.90 Å². The topological polar surface area (TPSA) is 70.8 Å². The second-order valence-electron chi connectivity index (χ2n) is 5.83. The molecule has 0 radical (unpaired) electrons. The van der Waals surface area contributed by atoms with Crippen LogP contribution < -0.4 is 0 Å². The van der Waals surface area contributed by atoms with Gasteiger partial charge in [0, 0.05) is 7.05 Å². The zero-order valence-corrected chi connectivity index (χ0v) is 12.1. The van der Waals surface area contributed by atoms with Gasteiger partial charge in [0.2, 0.25) is 5.91 Å². The highest BCUT2D eigenvalue weighted by molar-refractivity contribution is 5.85. The minimum absolute atomic E-state index is 0.101. The third kappa shape index (κ3) is 3.03. The Morgan fingerprint density at radius 3 is 2.55 bits per heavy atom. The number of carboxylic acid groups (broad SMARTS) is 1. The number of furan rings is 1. The van der Waals surface area contributed by atoms with Crippen molar-refractivity contribution in [2.75, 3.05) is 7.05 Å². The second-order valence-corrected chi connectivity index (χ2v) is 5.83. The predicted octanol–water partition coefficient (Wildman–Crippen LogP) is 2.29. The Hall–Kier alpha value is -1.78. The lowest BCUT2D eigenvalue weighted by atomic mass is 9.95. The highest BCUT2D eigenvalue weighted by Gasteiger charge is 2.42. The van der Waals surface area contributed by atoms with Crippen LogP contribution in [0.5, 0.6) is 0 Å². The van der Waals surface area contributed by atoms with E-state index in [-0.39, 0.29) is 11.8 Å². The Labute approximate surface area is 118 Å². The molecular weight excluding hydrogens is 258 g/mol. The Bertz CT molecular complexity index is 508. The molecule has 1 aliphatic rings. The van der Waals surface area contributed by atoms with Gasteiger partial charge in [-0.25, -0.2) is 0 Å². The van der Waals surface area contributed by atoms with E-state index >= 15 is 0 Å². The van der Waals surface area contributed by atoms with Gasteiger partial charge in [0.05, 0.1) is 18.4 Å². The van der Waals surface area contributed by atoms with Crippen LogP contribution in [0.4, 0.5) is 0 Å². The number of hydrogen-bond acceptors (Lipinski definition) is 3. The van der Waals surface area contributed by atoms with E-state index in [2.05, 4.69) is 0 Å². The summed E-state index contributed by atoms with van der Waals surface area (Å²) in [6.07, 6.45) is 1.23. The zero-order chi connectivity index (χ0) is 14.9. The Balaban J connectivity index is 2.04. The lowest BCUT2D eigenvalue weighted by molar-refractivity contribution is -0.148. The summed E-state index contributed by atoms with van der Waals surface area (Å²) < 4.78 is 5.45. The number of hydrogen-bond donors (Lipinski definition) is 1. The van der Waals surface area contributed by atoms with E-state index < -0.39 is 17.8 Å². The fraction of sp³-hybridized carbons (Fsp3) is 0.600. The summed E-state index contributed by atoms with van der Waals surface area (Å²) in [6.45, 7) is 4.23. The standard InChI is InChI=1S/C15H21NO4/c1-9-6-12(13(7-9)15(18)19)14(17)16(3)8-11-5-4-10(2)20-11/h4-5,9,12-13H,6-8H2,1-3H3,(H,18,19). The van der Waals surface area contributed by atoms with Crippen LogP contribution >= 0.6 is 0 Å². The summed E-state index contributed by atoms with van der Waals surface area (Å²) in [5, 5.41) is 9.24. The van der Waals surface area contributed by atoms with Gasteiger partial charge in [-0.15, -0.1) is 0 Å². The van der Waals surface area contributed by atoms with Crippen LogP contribution in [0.3, 0.4) is 0 Å². The van der Waals surface area contributed by atoms with Gasteiger partial charge in [-0.1, -0.05) is 6.92 Å². The normalized spacial score (nSPS) is 25.6. The minimum Gasteiger partial charge on any atom is -0.481 e. The van der Waals surface area contributed by atoms with Gasteiger partial charge in [-0.2, -0.15) is 0 Å². The molecule has 1 saturated carbocycles. The van der Waals surface area contributed by atoms with E-state index in [0.717, 1.165) is 11.5 Å². The molecule has 0 spiro atoms. The first-order valence-corrected chi connectivity index (χ1v) is 6.91. The smallest absolute Gasteiger partial charge is 0.307 e. The first kappa shape index (κ1) is 14.6. The van der Waals surface area contributed by atoms with Gasteiger partial charge in [-0.3, -0.25) is 9.59 Å². The van der Waals surface area contributed by atoms with Crippen molar-refractivity contribution < 1.29 is 19.1 Å². The lowest BCUT2D eigenvalue weighted by Crippen LogP contribution is -2.36. The number of carbonyl (C=O) groups is 2. The van der Waals surface area contributed by atoms with E-state index in [1.807, 2.05) is 26.0 Å². The van der Waals surface area contributed by atoms with Crippen molar-refractivity contribution in [3.8, 4) is 0 Å². The highest BCUT2D eigenvalue weighted by Crippen LogP contribution is 2.37. The molecule has 1 heterocycles. The monoisotopic (exact) mass is 279 g/mol. The number of nitrogens with zero attached hydrogens (tertiary/aromatic N) is 1. The first-order valence-electron chi connectivity index (χ1n) is 6.91. The van der Waals surface area contributed by atoms with Crippen molar-refractivity contribution in [1.29, 1.82) is 0 Å². The maximum atomic E-state index is 12.4. The van der Waals surface area contributed by atoms with Crippen molar-refractivity contribution in [2.24, 2.45) is 17.8 Å². The molecule has 1 aromatic heterocycles. The summed E-state index contributed by atoms with van der Waals surface area (Å²) in [6, 6.07) is 3.69. The Morgan fingerprint density at radius 1 is 1.35 bits per heavy atom. The quantitative estimate of drug-likeness (QED) is 0.918. The van der Waals surface area contributed by atoms with Crippen LogP contribution in [-0.4, -0.2) is 28.9 Å². The van der Waals surface area contributed by atoms with Gasteiger partial charge in [-0.05, 0) is 37.8 Å². The predicted molar refractivity (Wildman–Crippen MR) is 72.9 cm³/mol. The van der Waals surface area contributed by atoms with Crippen LogP contribution in [-0.2, 0) is 16.1 Å². The third-order valence-corrected chi connectivity index (χ3v) is 4.00. The van der Waals surface area contributed by atoms with Crippen molar-refractivity contribution in [3.05, 3.63) is 23.7 Å². The first-order chi connectivity index (χ1) is 9.38. The fourth-order valence-electron chi connectivity index (χ4n) is 3.00. The van der Waals surface area contributed by atoms with E-state index in [9.17, 15) is 14.7 Å². The summed E-state index contributed by atoms with van der Waals surface area (Å²) >= 11 is 0. The second kappa shape index (κ2) is 5.69. The van der Waals surface area contributed by atoms with Crippen molar-refractivity contribution in [3.63, 3.8) is 0 Å². The number of amides is 1. The molecule has 0 saturated heterocycles. The average Bonchev–Trinajstić information content (AvgIpc) is 2.94. The molecule has 5 heteroatoms. The van der Waals surface area contributed by atoms with Crippen LogP contribution in [0.2, 0.25) is 0 Å². The number of aliphatic carboxylic acids is 1. The third-order valence-electron chi connectivity index (χ3n) is 4.00. The molecule has 0 aliphatic heterocycles. The average molecular weight is 279 g/mol. The van der Waals surface area contributed by atoms with Crippen LogP contribution in [0.25, 0.3) is 0 Å². The van der Waals surface area contributed by atoms with Gasteiger partial charge in [0.15, 0.2) is 0 Å². The Kier molecular flexibility index (Phi) is 4.16. The van der Waals surface area contributed by atoms with Gasteiger partial charge in [0.1, 0.15) is 11.5 Å². The molecule has 1 N–H and O–H groups in total. The van der Waals surface area contributed by atoms with E-state index in [1.165, 1.54) is 0 Å². The molecule has 3 atom stereocenters. The molecule has 1 aliphatic carbocycles. The molecule has 1 amide bonds. The molecule has 5 nitrogen and oxygen atoms in total.